The van der Waals surface area contributed by atoms with Gasteiger partial charge in [-0.25, -0.2) is 8.42 Å². The Morgan fingerprint density at radius 2 is 1.82 bits per heavy atom. The lowest BCUT2D eigenvalue weighted by Gasteiger charge is -2.35. The molecule has 206 valence electrons. The number of aromatic nitrogens is 1. The summed E-state index contributed by atoms with van der Waals surface area (Å²) >= 11 is 3.32. The van der Waals surface area contributed by atoms with Gasteiger partial charge in [0, 0.05) is 75.7 Å². The van der Waals surface area contributed by atoms with E-state index in [4.69, 9.17) is 10.6 Å². The smallest absolute Gasteiger partial charge is 0.272 e. The predicted octanol–water partition coefficient (Wildman–Crippen LogP) is 1.66. The van der Waals surface area contributed by atoms with Crippen LogP contribution in [0, 0.1) is 22.5 Å². The van der Waals surface area contributed by atoms with E-state index in [-0.39, 0.29) is 48.9 Å². The molecular formula is C23H28BrN5O7S2. The van der Waals surface area contributed by atoms with E-state index in [1.165, 1.54) is 4.31 Å². The normalized spacial score (nSPS) is 15.2. The minimum Gasteiger partial charge on any atom is -0.366 e. The van der Waals surface area contributed by atoms with Gasteiger partial charge in [-0.05, 0) is 17.7 Å². The number of halogens is 1. The van der Waals surface area contributed by atoms with Gasteiger partial charge in [0.2, 0.25) is 10.0 Å². The molecule has 0 unspecified atom stereocenters. The molecular weight excluding hydrogens is 602 g/mol. The summed E-state index contributed by atoms with van der Waals surface area (Å²) in [6.07, 6.45) is 9.98. The molecule has 1 aromatic carbocycles. The summed E-state index contributed by atoms with van der Waals surface area (Å²) in [5, 5.41) is 12.0. The number of non-ortho nitro benzene ring substituents is 1. The van der Waals surface area contributed by atoms with Gasteiger partial charge in [0.15, 0.2) is 0 Å². The molecule has 0 atom stereocenters. The second kappa shape index (κ2) is 13.0. The van der Waals surface area contributed by atoms with Crippen LogP contribution in [0.2, 0.25) is 0 Å². The van der Waals surface area contributed by atoms with Crippen LogP contribution in [0.1, 0.15) is 11.1 Å². The zero-order chi connectivity index (χ0) is 27.9. The summed E-state index contributed by atoms with van der Waals surface area (Å²) < 4.78 is 56.9. The van der Waals surface area contributed by atoms with Crippen molar-refractivity contribution >= 4 is 47.4 Å². The van der Waals surface area contributed by atoms with Gasteiger partial charge in [0.05, 0.1) is 29.0 Å². The molecule has 3 rings (SSSR count). The Balaban J connectivity index is 1.96. The van der Waals surface area contributed by atoms with E-state index in [9.17, 15) is 26.9 Å². The fourth-order valence-corrected chi connectivity index (χ4v) is 6.56. The number of terminal acetylenes is 1. The average Bonchev–Trinajstić information content (AvgIpc) is 2.87. The first-order valence-electron chi connectivity index (χ1n) is 11.5. The maximum atomic E-state index is 13.9. The van der Waals surface area contributed by atoms with Crippen molar-refractivity contribution in [1.82, 2.24) is 14.2 Å². The van der Waals surface area contributed by atoms with Crippen LogP contribution in [-0.2, 0) is 30.9 Å². The first kappa shape index (κ1) is 29.9. The monoisotopic (exact) mass is 629 g/mol. The lowest BCUT2D eigenvalue weighted by atomic mass is 10.1. The predicted molar refractivity (Wildman–Crippen MR) is 146 cm³/mol. The zero-order valence-corrected chi connectivity index (χ0v) is 23.9. The minimum absolute atomic E-state index is 0.00871. The molecule has 1 fully saturated rings. The standard InChI is InChI=1S/C23H28BrN5O7S2/c1-3-20-16-21(29(30)31)17-22(23(20)27(9-6-24)14-15-36-37(2,32)33)38(34,35)28-12-10-26(11-13-28)18-19-4-7-25-8-5-19/h1,4-5,7-8,16-17H,6,9-15,18H2,2H3. The number of anilines is 1. The number of hydrogen-bond acceptors (Lipinski definition) is 10. The van der Waals surface area contributed by atoms with Crippen molar-refractivity contribution in [2.45, 2.75) is 11.4 Å². The van der Waals surface area contributed by atoms with Crippen LogP contribution in [0.3, 0.4) is 0 Å². The number of pyridine rings is 1. The molecule has 0 bridgehead atoms. The third-order valence-corrected chi connectivity index (χ3v) is 8.72. The van der Waals surface area contributed by atoms with Crippen molar-refractivity contribution in [2.75, 3.05) is 62.4 Å². The highest BCUT2D eigenvalue weighted by molar-refractivity contribution is 9.09. The summed E-state index contributed by atoms with van der Waals surface area (Å²) in [6, 6.07) is 5.94. The van der Waals surface area contributed by atoms with Crippen LogP contribution in [0.15, 0.2) is 41.6 Å². The Morgan fingerprint density at radius 3 is 2.37 bits per heavy atom. The zero-order valence-electron chi connectivity index (χ0n) is 20.7. The first-order chi connectivity index (χ1) is 18.0. The van der Waals surface area contributed by atoms with Crippen molar-refractivity contribution in [1.29, 1.82) is 0 Å². The van der Waals surface area contributed by atoms with E-state index in [1.54, 1.807) is 17.3 Å². The summed E-state index contributed by atoms with van der Waals surface area (Å²) in [5.41, 5.74) is 0.698. The lowest BCUT2D eigenvalue weighted by Crippen LogP contribution is -2.48. The van der Waals surface area contributed by atoms with Crippen LogP contribution in [0.25, 0.3) is 0 Å². The van der Waals surface area contributed by atoms with Gasteiger partial charge in [-0.3, -0.25) is 24.2 Å². The number of rotatable bonds is 12. The number of hydrogen-bond donors (Lipinski definition) is 0. The van der Waals surface area contributed by atoms with Crippen LogP contribution >= 0.6 is 15.9 Å². The SMILES string of the molecule is C#Cc1cc([N+](=O)[O-])cc(S(=O)(=O)N2CCN(Cc3ccncc3)CC2)c1N(CCBr)CCOS(C)(=O)=O. The molecule has 1 aliphatic heterocycles. The quantitative estimate of drug-likeness (QED) is 0.112. The fourth-order valence-electron chi connectivity index (χ4n) is 4.08. The molecule has 1 saturated heterocycles. The topological polar surface area (TPSA) is 143 Å². The van der Waals surface area contributed by atoms with Gasteiger partial charge in [-0.2, -0.15) is 12.7 Å². The molecule has 0 aliphatic carbocycles. The van der Waals surface area contributed by atoms with Crippen molar-refractivity contribution in [2.24, 2.45) is 0 Å². The third-order valence-electron chi connectivity index (χ3n) is 5.86. The van der Waals surface area contributed by atoms with E-state index in [2.05, 4.69) is 31.7 Å². The average molecular weight is 631 g/mol. The Hall–Kier alpha value is -2.61. The summed E-state index contributed by atoms with van der Waals surface area (Å²) in [7, 11) is -7.95. The number of nitrogens with zero attached hydrogens (tertiary/aromatic N) is 5. The highest BCUT2D eigenvalue weighted by Gasteiger charge is 2.34. The van der Waals surface area contributed by atoms with Crippen LogP contribution in [0.5, 0.6) is 0 Å². The maximum absolute atomic E-state index is 13.9. The van der Waals surface area contributed by atoms with E-state index in [0.29, 0.717) is 25.0 Å². The number of nitro groups is 1. The molecule has 0 radical (unpaired) electrons. The number of benzene rings is 1. The molecule has 2 aromatic rings. The minimum atomic E-state index is -4.21. The summed E-state index contributed by atoms with van der Waals surface area (Å²) in [5.74, 6) is 2.37. The molecule has 0 spiro atoms. The maximum Gasteiger partial charge on any atom is 0.272 e. The number of nitro benzene ring substituents is 1. The van der Waals surface area contributed by atoms with Crippen molar-refractivity contribution in [3.63, 3.8) is 0 Å². The number of sulfonamides is 1. The van der Waals surface area contributed by atoms with Crippen LogP contribution in [-0.4, -0.2) is 93.4 Å². The van der Waals surface area contributed by atoms with Gasteiger partial charge in [-0.15, -0.1) is 6.42 Å². The van der Waals surface area contributed by atoms with Gasteiger partial charge in [0.25, 0.3) is 15.8 Å². The highest BCUT2D eigenvalue weighted by atomic mass is 79.9. The van der Waals surface area contributed by atoms with Crippen LogP contribution in [0.4, 0.5) is 11.4 Å². The first-order valence-corrected chi connectivity index (χ1v) is 15.9. The summed E-state index contributed by atoms with van der Waals surface area (Å²) in [4.78, 5) is 18.3. The van der Waals surface area contributed by atoms with E-state index in [0.717, 1.165) is 24.0 Å². The molecule has 1 aromatic heterocycles. The molecule has 15 heteroatoms. The van der Waals surface area contributed by atoms with Crippen molar-refractivity contribution in [3.05, 3.63) is 57.9 Å². The second-order valence-corrected chi connectivity index (χ2v) is 12.8. The van der Waals surface area contributed by atoms with Gasteiger partial charge in [-0.1, -0.05) is 21.9 Å². The van der Waals surface area contributed by atoms with E-state index < -0.39 is 30.8 Å². The Kier molecular flexibility index (Phi) is 10.2. The molecule has 0 N–H and O–H groups in total. The van der Waals surface area contributed by atoms with E-state index >= 15 is 0 Å². The molecule has 0 saturated carbocycles. The van der Waals surface area contributed by atoms with Crippen molar-refractivity contribution in [3.8, 4) is 12.3 Å². The third kappa shape index (κ3) is 7.71. The van der Waals surface area contributed by atoms with Crippen LogP contribution < -0.4 is 4.90 Å². The largest absolute Gasteiger partial charge is 0.366 e. The Bertz CT molecular complexity index is 1390. The second-order valence-electron chi connectivity index (χ2n) is 8.48. The van der Waals surface area contributed by atoms with Gasteiger partial charge in [0.1, 0.15) is 4.90 Å². The lowest BCUT2D eigenvalue weighted by molar-refractivity contribution is -0.385. The Labute approximate surface area is 231 Å². The molecule has 0 amide bonds. The Morgan fingerprint density at radius 1 is 1.16 bits per heavy atom. The molecule has 2 heterocycles. The highest BCUT2D eigenvalue weighted by Crippen LogP contribution is 2.36. The molecule has 1 aliphatic rings. The molecule has 12 nitrogen and oxygen atoms in total. The number of alkyl halides is 1. The summed E-state index contributed by atoms with van der Waals surface area (Å²) in [6.45, 7) is 1.86. The molecule has 38 heavy (non-hydrogen) atoms. The number of piperazine rings is 1. The van der Waals surface area contributed by atoms with Gasteiger partial charge >= 0.3 is 0 Å². The fraction of sp³-hybridized carbons (Fsp3) is 0.435. The van der Waals surface area contributed by atoms with E-state index in [1.807, 2.05) is 12.1 Å². The van der Waals surface area contributed by atoms with Gasteiger partial charge < -0.3 is 4.90 Å². The van der Waals surface area contributed by atoms with Crippen molar-refractivity contribution < 1.29 is 25.9 Å².